The maximum absolute atomic E-state index is 13.2. The van der Waals surface area contributed by atoms with E-state index in [0.29, 0.717) is 6.54 Å². The Labute approximate surface area is 181 Å². The molecule has 1 aromatic heterocycles. The summed E-state index contributed by atoms with van der Waals surface area (Å²) in [7, 11) is 0. The van der Waals surface area contributed by atoms with Gasteiger partial charge in [-0.1, -0.05) is 12.1 Å². The zero-order chi connectivity index (χ0) is 21.8. The van der Waals surface area contributed by atoms with E-state index >= 15 is 0 Å². The Morgan fingerprint density at radius 2 is 1.71 bits per heavy atom. The van der Waals surface area contributed by atoms with Gasteiger partial charge in [0.2, 0.25) is 11.8 Å². The van der Waals surface area contributed by atoms with Crippen molar-refractivity contribution in [3.05, 3.63) is 60.2 Å². The first kappa shape index (κ1) is 21.4. The predicted molar refractivity (Wildman–Crippen MR) is 117 cm³/mol. The van der Waals surface area contributed by atoms with E-state index in [2.05, 4.69) is 15.6 Å². The van der Waals surface area contributed by atoms with Gasteiger partial charge in [0.05, 0.1) is 5.41 Å². The molecule has 0 bridgehead atoms. The van der Waals surface area contributed by atoms with Crippen molar-refractivity contribution in [2.75, 3.05) is 11.9 Å². The second kappa shape index (κ2) is 9.14. The summed E-state index contributed by atoms with van der Waals surface area (Å²) >= 11 is 0. The van der Waals surface area contributed by atoms with Gasteiger partial charge < -0.3 is 16.4 Å². The average molecular weight is 425 g/mol. The molecule has 164 valence electrons. The standard InChI is InChI=1S/C24H29FN4O2/c25-19-7-5-18(6-8-19)24(11-12-24)23(31)28-15-21(26)16-1-3-17(4-2-16)22(30)29-20-9-13-27-14-10-20/h5-10,13-14,16-17,21H,1-4,11-12,15,26H2,(H,28,31)(H,27,29,30). The van der Waals surface area contributed by atoms with Crippen LogP contribution in [0.15, 0.2) is 48.8 Å². The van der Waals surface area contributed by atoms with Crippen molar-refractivity contribution in [3.63, 3.8) is 0 Å². The van der Waals surface area contributed by atoms with Crippen LogP contribution in [0, 0.1) is 17.7 Å². The number of anilines is 1. The summed E-state index contributed by atoms with van der Waals surface area (Å²) < 4.78 is 13.2. The first-order valence-corrected chi connectivity index (χ1v) is 11.0. The van der Waals surface area contributed by atoms with Gasteiger partial charge in [-0.25, -0.2) is 4.39 Å². The lowest BCUT2D eigenvalue weighted by Gasteiger charge is -2.32. The van der Waals surface area contributed by atoms with Gasteiger partial charge in [-0.3, -0.25) is 14.6 Å². The van der Waals surface area contributed by atoms with Crippen molar-refractivity contribution in [2.45, 2.75) is 50.0 Å². The molecule has 1 heterocycles. The zero-order valence-corrected chi connectivity index (χ0v) is 17.5. The van der Waals surface area contributed by atoms with E-state index in [1.807, 2.05) is 0 Å². The fourth-order valence-electron chi connectivity index (χ4n) is 4.58. The molecule has 2 amide bonds. The summed E-state index contributed by atoms with van der Waals surface area (Å²) in [5, 5.41) is 5.97. The number of nitrogens with one attached hydrogen (secondary N) is 2. The molecule has 31 heavy (non-hydrogen) atoms. The maximum Gasteiger partial charge on any atom is 0.230 e. The molecule has 6 nitrogen and oxygen atoms in total. The van der Waals surface area contributed by atoms with Gasteiger partial charge in [0.25, 0.3) is 0 Å². The van der Waals surface area contributed by atoms with Crippen LogP contribution in [0.25, 0.3) is 0 Å². The highest BCUT2D eigenvalue weighted by atomic mass is 19.1. The number of pyridine rings is 1. The third kappa shape index (κ3) is 4.93. The summed E-state index contributed by atoms with van der Waals surface area (Å²) in [5.74, 6) is -0.0147. The van der Waals surface area contributed by atoms with E-state index in [9.17, 15) is 14.0 Å². The number of benzene rings is 1. The summed E-state index contributed by atoms with van der Waals surface area (Å²) in [6.45, 7) is 0.417. The minimum atomic E-state index is -0.532. The second-order valence-corrected chi connectivity index (χ2v) is 8.80. The van der Waals surface area contributed by atoms with Crippen LogP contribution in [-0.2, 0) is 15.0 Å². The van der Waals surface area contributed by atoms with Crippen molar-refractivity contribution in [1.82, 2.24) is 10.3 Å². The predicted octanol–water partition coefficient (Wildman–Crippen LogP) is 3.14. The van der Waals surface area contributed by atoms with Gasteiger partial charge in [0, 0.05) is 36.6 Å². The third-order valence-electron chi connectivity index (χ3n) is 6.78. The Morgan fingerprint density at radius 1 is 1.06 bits per heavy atom. The number of carbonyl (C=O) groups is 2. The quantitative estimate of drug-likeness (QED) is 0.636. The maximum atomic E-state index is 13.2. The number of nitrogens with two attached hydrogens (primary N) is 1. The summed E-state index contributed by atoms with van der Waals surface area (Å²) in [4.78, 5) is 29.2. The van der Waals surface area contributed by atoms with E-state index in [-0.39, 0.29) is 35.5 Å². The lowest BCUT2D eigenvalue weighted by molar-refractivity contribution is -0.123. The van der Waals surface area contributed by atoms with E-state index in [1.54, 1.807) is 36.7 Å². The van der Waals surface area contributed by atoms with E-state index < -0.39 is 5.41 Å². The molecule has 0 radical (unpaired) electrons. The minimum Gasteiger partial charge on any atom is -0.354 e. The smallest absolute Gasteiger partial charge is 0.230 e. The normalized spacial score (nSPS) is 22.9. The van der Waals surface area contributed by atoms with Crippen LogP contribution in [0.4, 0.5) is 10.1 Å². The van der Waals surface area contributed by atoms with Crippen molar-refractivity contribution in [3.8, 4) is 0 Å². The highest BCUT2D eigenvalue weighted by Crippen LogP contribution is 2.48. The highest BCUT2D eigenvalue weighted by molar-refractivity contribution is 5.92. The van der Waals surface area contributed by atoms with Crippen LogP contribution in [0.5, 0.6) is 0 Å². The molecule has 2 aliphatic carbocycles. The number of halogens is 1. The summed E-state index contributed by atoms with van der Waals surface area (Å²) in [6, 6.07) is 9.61. The molecule has 4 rings (SSSR count). The Morgan fingerprint density at radius 3 is 2.32 bits per heavy atom. The van der Waals surface area contributed by atoms with Crippen LogP contribution in [0.1, 0.15) is 44.1 Å². The lowest BCUT2D eigenvalue weighted by atomic mass is 9.78. The molecule has 2 aliphatic rings. The molecule has 4 N–H and O–H groups in total. The van der Waals surface area contributed by atoms with E-state index in [4.69, 9.17) is 5.73 Å². The molecular weight excluding hydrogens is 395 g/mol. The van der Waals surface area contributed by atoms with Gasteiger partial charge >= 0.3 is 0 Å². The van der Waals surface area contributed by atoms with Crippen LogP contribution in [0.3, 0.4) is 0 Å². The second-order valence-electron chi connectivity index (χ2n) is 8.80. The van der Waals surface area contributed by atoms with Crippen LogP contribution in [-0.4, -0.2) is 29.4 Å². The summed E-state index contributed by atoms with van der Waals surface area (Å²) in [6.07, 6.45) is 8.19. The van der Waals surface area contributed by atoms with E-state index in [1.165, 1.54) is 12.1 Å². The average Bonchev–Trinajstić information content (AvgIpc) is 3.60. The van der Waals surface area contributed by atoms with Crippen LogP contribution < -0.4 is 16.4 Å². The largest absolute Gasteiger partial charge is 0.354 e. The lowest BCUT2D eigenvalue weighted by Crippen LogP contribution is -2.46. The molecule has 2 aromatic rings. The molecule has 1 atom stereocenters. The van der Waals surface area contributed by atoms with Crippen molar-refractivity contribution < 1.29 is 14.0 Å². The number of nitrogens with zero attached hydrogens (tertiary/aromatic N) is 1. The third-order valence-corrected chi connectivity index (χ3v) is 6.78. The fourth-order valence-corrected chi connectivity index (χ4v) is 4.58. The number of hydrogen-bond donors (Lipinski definition) is 3. The van der Waals surface area contributed by atoms with Gasteiger partial charge in [0.15, 0.2) is 0 Å². The molecule has 1 unspecified atom stereocenters. The molecule has 1 aromatic carbocycles. The number of amides is 2. The van der Waals surface area contributed by atoms with Crippen LogP contribution in [0.2, 0.25) is 0 Å². The topological polar surface area (TPSA) is 97.1 Å². The Hall–Kier alpha value is -2.80. The zero-order valence-electron chi connectivity index (χ0n) is 17.5. The monoisotopic (exact) mass is 424 g/mol. The Balaban J connectivity index is 1.23. The summed E-state index contributed by atoms with van der Waals surface area (Å²) in [5.41, 5.74) is 7.48. The van der Waals surface area contributed by atoms with Crippen LogP contribution >= 0.6 is 0 Å². The molecular formula is C24H29FN4O2. The van der Waals surface area contributed by atoms with Gasteiger partial charge in [-0.15, -0.1) is 0 Å². The molecule has 2 fully saturated rings. The number of aromatic nitrogens is 1. The SMILES string of the molecule is NC(CNC(=O)C1(c2ccc(F)cc2)CC1)C1CCC(C(=O)Nc2ccncc2)CC1. The molecule has 7 heteroatoms. The fraction of sp³-hybridized carbons (Fsp3) is 0.458. The Bertz CT molecular complexity index is 907. The molecule has 0 saturated heterocycles. The molecule has 2 saturated carbocycles. The Kier molecular flexibility index (Phi) is 6.32. The van der Waals surface area contributed by atoms with Crippen molar-refractivity contribution >= 4 is 17.5 Å². The molecule has 0 aliphatic heterocycles. The first-order valence-electron chi connectivity index (χ1n) is 11.0. The van der Waals surface area contributed by atoms with E-state index in [0.717, 1.165) is 49.8 Å². The van der Waals surface area contributed by atoms with Gasteiger partial charge in [-0.2, -0.15) is 0 Å². The van der Waals surface area contributed by atoms with Gasteiger partial charge in [0.1, 0.15) is 5.82 Å². The number of hydrogen-bond acceptors (Lipinski definition) is 4. The number of carbonyl (C=O) groups excluding carboxylic acids is 2. The minimum absolute atomic E-state index is 0.0144. The van der Waals surface area contributed by atoms with Gasteiger partial charge in [-0.05, 0) is 74.3 Å². The highest BCUT2D eigenvalue weighted by Gasteiger charge is 2.51. The molecule has 0 spiro atoms. The first-order chi connectivity index (χ1) is 15.0. The van der Waals surface area contributed by atoms with Crippen molar-refractivity contribution in [1.29, 1.82) is 0 Å². The van der Waals surface area contributed by atoms with Crippen molar-refractivity contribution in [2.24, 2.45) is 17.6 Å². The number of rotatable bonds is 7.